The molecule has 0 atom stereocenters. The molecule has 0 fully saturated rings. The highest BCUT2D eigenvalue weighted by atomic mass is 14.5. The summed E-state index contributed by atoms with van der Waals surface area (Å²) in [5.74, 6) is 0.738. The van der Waals surface area contributed by atoms with Crippen LogP contribution in [0.2, 0.25) is 0 Å². The Balaban J connectivity index is 3.72. The van der Waals surface area contributed by atoms with Crippen LogP contribution in [0.25, 0.3) is 0 Å². The summed E-state index contributed by atoms with van der Waals surface area (Å²) in [6.45, 7) is 6.53. The van der Waals surface area contributed by atoms with Crippen LogP contribution in [-0.2, 0) is 0 Å². The quantitative estimate of drug-likeness (QED) is 0.617. The molecule has 11 heavy (non-hydrogen) atoms. The Labute approximate surface area is 70.0 Å². The molecule has 0 unspecified atom stereocenters. The topological polar surface area (TPSA) is 26.0 Å². The van der Waals surface area contributed by atoms with Crippen molar-refractivity contribution in [1.82, 2.24) is 0 Å². The molecule has 0 aliphatic carbocycles. The monoisotopic (exact) mass is 153 g/mol. The van der Waals surface area contributed by atoms with E-state index in [4.69, 9.17) is 5.73 Å². The van der Waals surface area contributed by atoms with Gasteiger partial charge in [-0.05, 0) is 30.5 Å². The van der Waals surface area contributed by atoms with E-state index in [9.17, 15) is 0 Å². The van der Waals surface area contributed by atoms with Crippen molar-refractivity contribution >= 4 is 0 Å². The van der Waals surface area contributed by atoms with Crippen molar-refractivity contribution in [2.24, 2.45) is 11.7 Å². The van der Waals surface area contributed by atoms with Gasteiger partial charge in [-0.25, -0.2) is 0 Å². The Morgan fingerprint density at radius 1 is 1.45 bits per heavy atom. The van der Waals surface area contributed by atoms with Crippen LogP contribution in [0, 0.1) is 5.92 Å². The molecule has 0 aromatic heterocycles. The molecule has 2 N–H and O–H groups in total. The SMILES string of the molecule is CCC(/C=C\CC(C)C)=C/N. The molecule has 0 aliphatic heterocycles. The molecule has 0 saturated carbocycles. The van der Waals surface area contributed by atoms with Crippen LogP contribution < -0.4 is 5.73 Å². The molecule has 0 spiro atoms. The van der Waals surface area contributed by atoms with Crippen molar-refractivity contribution in [1.29, 1.82) is 0 Å². The molecule has 1 heteroatoms. The Morgan fingerprint density at radius 2 is 2.09 bits per heavy atom. The van der Waals surface area contributed by atoms with Crippen molar-refractivity contribution in [3.05, 3.63) is 23.9 Å². The minimum absolute atomic E-state index is 0.738. The van der Waals surface area contributed by atoms with E-state index in [1.807, 2.05) is 0 Å². The van der Waals surface area contributed by atoms with E-state index in [1.165, 1.54) is 5.57 Å². The molecule has 0 aromatic carbocycles. The lowest BCUT2D eigenvalue weighted by Crippen LogP contribution is -1.85. The zero-order valence-electron chi connectivity index (χ0n) is 7.80. The van der Waals surface area contributed by atoms with Crippen LogP contribution in [0.15, 0.2) is 23.9 Å². The molecule has 1 nitrogen and oxygen atoms in total. The van der Waals surface area contributed by atoms with Gasteiger partial charge in [0.05, 0.1) is 0 Å². The first-order chi connectivity index (χ1) is 5.20. The third kappa shape index (κ3) is 5.71. The fourth-order valence-corrected chi connectivity index (χ4v) is 0.783. The van der Waals surface area contributed by atoms with E-state index in [0.717, 1.165) is 18.8 Å². The van der Waals surface area contributed by atoms with Gasteiger partial charge in [-0.2, -0.15) is 0 Å². The molecule has 0 saturated heterocycles. The highest BCUT2D eigenvalue weighted by molar-refractivity contribution is 5.16. The maximum Gasteiger partial charge on any atom is -0.00299 e. The molecule has 0 amide bonds. The number of allylic oxidation sites excluding steroid dienone is 3. The van der Waals surface area contributed by atoms with Gasteiger partial charge in [-0.1, -0.05) is 32.9 Å². The maximum absolute atomic E-state index is 5.39. The van der Waals surface area contributed by atoms with Crippen molar-refractivity contribution < 1.29 is 0 Å². The molecular weight excluding hydrogens is 134 g/mol. The van der Waals surface area contributed by atoms with E-state index in [2.05, 4.69) is 32.9 Å². The van der Waals surface area contributed by atoms with Gasteiger partial charge in [0.15, 0.2) is 0 Å². The van der Waals surface area contributed by atoms with Gasteiger partial charge in [-0.15, -0.1) is 0 Å². The minimum atomic E-state index is 0.738. The largest absolute Gasteiger partial charge is 0.404 e. The summed E-state index contributed by atoms with van der Waals surface area (Å²) >= 11 is 0. The number of hydrogen-bond donors (Lipinski definition) is 1. The van der Waals surface area contributed by atoms with Gasteiger partial charge in [0.1, 0.15) is 0 Å². The number of hydrogen-bond acceptors (Lipinski definition) is 1. The lowest BCUT2D eigenvalue weighted by atomic mass is 10.1. The highest BCUT2D eigenvalue weighted by Crippen LogP contribution is 2.04. The normalized spacial score (nSPS) is 13.3. The fraction of sp³-hybridized carbons (Fsp3) is 0.600. The summed E-state index contributed by atoms with van der Waals surface area (Å²) in [6, 6.07) is 0. The second-order valence-electron chi connectivity index (χ2n) is 3.13. The Kier molecular flexibility index (Phi) is 5.63. The first kappa shape index (κ1) is 10.3. The van der Waals surface area contributed by atoms with Gasteiger partial charge in [0.25, 0.3) is 0 Å². The first-order valence-electron chi connectivity index (χ1n) is 4.28. The smallest absolute Gasteiger partial charge is 0.00299 e. The predicted molar refractivity (Wildman–Crippen MR) is 51.2 cm³/mol. The average Bonchev–Trinajstić information content (AvgIpc) is 1.98. The van der Waals surface area contributed by atoms with Gasteiger partial charge in [-0.3, -0.25) is 0 Å². The summed E-state index contributed by atoms with van der Waals surface area (Å²) in [7, 11) is 0. The third-order valence-corrected chi connectivity index (χ3v) is 1.56. The van der Waals surface area contributed by atoms with Crippen molar-refractivity contribution in [2.75, 3.05) is 0 Å². The van der Waals surface area contributed by atoms with Crippen LogP contribution in [0.3, 0.4) is 0 Å². The summed E-state index contributed by atoms with van der Waals surface area (Å²) in [5.41, 5.74) is 6.60. The maximum atomic E-state index is 5.39. The van der Waals surface area contributed by atoms with E-state index < -0.39 is 0 Å². The van der Waals surface area contributed by atoms with E-state index >= 15 is 0 Å². The Bertz CT molecular complexity index is 143. The van der Waals surface area contributed by atoms with Gasteiger partial charge in [0.2, 0.25) is 0 Å². The highest BCUT2D eigenvalue weighted by Gasteiger charge is 1.88. The minimum Gasteiger partial charge on any atom is -0.404 e. The Morgan fingerprint density at radius 3 is 2.45 bits per heavy atom. The van der Waals surface area contributed by atoms with Crippen molar-refractivity contribution in [3.8, 4) is 0 Å². The molecule has 0 aromatic rings. The summed E-state index contributed by atoms with van der Waals surface area (Å²) in [5, 5.41) is 0. The molecule has 0 rings (SSSR count). The van der Waals surface area contributed by atoms with Crippen LogP contribution in [-0.4, -0.2) is 0 Å². The van der Waals surface area contributed by atoms with Crippen molar-refractivity contribution in [2.45, 2.75) is 33.6 Å². The molecule has 0 aliphatic rings. The van der Waals surface area contributed by atoms with Crippen LogP contribution in [0.4, 0.5) is 0 Å². The fourth-order valence-electron chi connectivity index (χ4n) is 0.783. The molecular formula is C10H19N. The van der Waals surface area contributed by atoms with Gasteiger partial charge in [0, 0.05) is 0 Å². The van der Waals surface area contributed by atoms with E-state index in [0.29, 0.717) is 0 Å². The average molecular weight is 153 g/mol. The Hall–Kier alpha value is -0.720. The number of nitrogens with two attached hydrogens (primary N) is 1. The zero-order valence-corrected chi connectivity index (χ0v) is 7.80. The lowest BCUT2D eigenvalue weighted by Gasteiger charge is -1.97. The van der Waals surface area contributed by atoms with Gasteiger partial charge >= 0.3 is 0 Å². The zero-order chi connectivity index (χ0) is 8.69. The molecule has 0 heterocycles. The molecule has 0 bridgehead atoms. The molecule has 64 valence electrons. The van der Waals surface area contributed by atoms with Crippen molar-refractivity contribution in [3.63, 3.8) is 0 Å². The first-order valence-corrected chi connectivity index (χ1v) is 4.28. The third-order valence-electron chi connectivity index (χ3n) is 1.56. The summed E-state index contributed by atoms with van der Waals surface area (Å²) < 4.78 is 0. The van der Waals surface area contributed by atoms with E-state index in [1.54, 1.807) is 6.20 Å². The summed E-state index contributed by atoms with van der Waals surface area (Å²) in [6.07, 6.45) is 8.13. The molecule has 0 radical (unpaired) electrons. The second-order valence-corrected chi connectivity index (χ2v) is 3.13. The van der Waals surface area contributed by atoms with Crippen LogP contribution >= 0.6 is 0 Å². The standard InChI is InChI=1S/C10H19N/c1-4-10(8-11)7-5-6-9(2)3/h5,7-9H,4,6,11H2,1-3H3/b7-5-,10-8-. The second kappa shape index (κ2) is 6.02. The summed E-state index contributed by atoms with van der Waals surface area (Å²) in [4.78, 5) is 0. The predicted octanol–water partition coefficient (Wildman–Crippen LogP) is 2.84. The van der Waals surface area contributed by atoms with Gasteiger partial charge < -0.3 is 5.73 Å². The lowest BCUT2D eigenvalue weighted by molar-refractivity contribution is 0.663. The number of rotatable bonds is 4. The van der Waals surface area contributed by atoms with E-state index in [-0.39, 0.29) is 0 Å². The van der Waals surface area contributed by atoms with Crippen LogP contribution in [0.1, 0.15) is 33.6 Å². The van der Waals surface area contributed by atoms with Crippen LogP contribution in [0.5, 0.6) is 0 Å².